The maximum atomic E-state index is 11.8. The molecule has 1 amide bonds. The molecule has 3 N–H and O–H groups in total. The summed E-state index contributed by atoms with van der Waals surface area (Å²) in [5, 5.41) is 3.33. The maximum absolute atomic E-state index is 11.8. The molecule has 2 rings (SSSR count). The lowest BCUT2D eigenvalue weighted by Gasteiger charge is -2.25. The van der Waals surface area contributed by atoms with Gasteiger partial charge >= 0.3 is 0 Å². The summed E-state index contributed by atoms with van der Waals surface area (Å²) >= 11 is 7.75. The molecule has 0 spiro atoms. The van der Waals surface area contributed by atoms with Crippen LogP contribution in [0.5, 0.6) is 0 Å². The molecule has 4 nitrogen and oxygen atoms in total. The molecule has 0 saturated carbocycles. The summed E-state index contributed by atoms with van der Waals surface area (Å²) < 4.78 is 0. The Morgan fingerprint density at radius 3 is 2.83 bits per heavy atom. The molecule has 1 fully saturated rings. The molecule has 0 radical (unpaired) electrons. The monoisotopic (exact) mass is 285 g/mol. The predicted molar refractivity (Wildman–Crippen MR) is 78.3 cm³/mol. The molecule has 1 aliphatic heterocycles. The highest BCUT2D eigenvalue weighted by molar-refractivity contribution is 7.99. The Hall–Kier alpha value is -0.910. The normalized spacial score (nSPS) is 16.5. The molecular formula is C12H16ClN3OS. The fraction of sp³-hybridized carbons (Fsp3) is 0.417. The molecule has 0 aliphatic carbocycles. The summed E-state index contributed by atoms with van der Waals surface area (Å²) in [6.07, 6.45) is 0. The molecule has 0 aromatic heterocycles. The van der Waals surface area contributed by atoms with Crippen molar-refractivity contribution in [3.05, 3.63) is 23.2 Å². The fourth-order valence-corrected chi connectivity index (χ4v) is 2.88. The van der Waals surface area contributed by atoms with E-state index in [0.717, 1.165) is 24.6 Å². The van der Waals surface area contributed by atoms with Gasteiger partial charge in [-0.15, -0.1) is 0 Å². The molecule has 1 heterocycles. The van der Waals surface area contributed by atoms with E-state index in [0.29, 0.717) is 22.9 Å². The smallest absolute Gasteiger partial charge is 0.238 e. The minimum Gasteiger partial charge on any atom is -0.397 e. The lowest BCUT2D eigenvalue weighted by atomic mass is 10.3. The molecule has 98 valence electrons. The van der Waals surface area contributed by atoms with Crippen molar-refractivity contribution in [3.8, 4) is 0 Å². The third kappa shape index (κ3) is 3.80. The number of nitrogens with zero attached hydrogens (tertiary/aromatic N) is 1. The van der Waals surface area contributed by atoms with E-state index in [9.17, 15) is 4.79 Å². The number of nitrogens with one attached hydrogen (secondary N) is 1. The molecule has 1 aromatic carbocycles. The van der Waals surface area contributed by atoms with Gasteiger partial charge in [0.25, 0.3) is 0 Å². The highest BCUT2D eigenvalue weighted by Gasteiger charge is 2.14. The molecule has 18 heavy (non-hydrogen) atoms. The molecule has 0 atom stereocenters. The van der Waals surface area contributed by atoms with Gasteiger partial charge in [0.2, 0.25) is 5.91 Å². The molecule has 6 heteroatoms. The van der Waals surface area contributed by atoms with Crippen molar-refractivity contribution in [1.82, 2.24) is 4.90 Å². The van der Waals surface area contributed by atoms with E-state index in [1.807, 2.05) is 11.8 Å². The largest absolute Gasteiger partial charge is 0.397 e. The van der Waals surface area contributed by atoms with E-state index in [1.54, 1.807) is 18.2 Å². The molecular weight excluding hydrogens is 270 g/mol. The van der Waals surface area contributed by atoms with E-state index in [-0.39, 0.29) is 5.91 Å². The van der Waals surface area contributed by atoms with Crippen LogP contribution in [0, 0.1) is 0 Å². The van der Waals surface area contributed by atoms with E-state index >= 15 is 0 Å². The van der Waals surface area contributed by atoms with Crippen molar-refractivity contribution < 1.29 is 4.79 Å². The first-order chi connectivity index (χ1) is 8.65. The standard InChI is InChI=1S/C12H16ClN3OS/c13-10-2-1-9(7-11(10)14)15-12(17)8-16-3-5-18-6-4-16/h1-2,7H,3-6,8,14H2,(H,15,17). The van der Waals surface area contributed by atoms with Crippen molar-refractivity contribution in [1.29, 1.82) is 0 Å². The minimum absolute atomic E-state index is 0.0105. The number of hydrogen-bond acceptors (Lipinski definition) is 4. The van der Waals surface area contributed by atoms with Gasteiger partial charge < -0.3 is 11.1 Å². The van der Waals surface area contributed by atoms with Crippen LogP contribution in [0.3, 0.4) is 0 Å². The molecule has 0 unspecified atom stereocenters. The van der Waals surface area contributed by atoms with E-state index in [1.165, 1.54) is 0 Å². The average Bonchev–Trinajstić information content (AvgIpc) is 2.35. The number of carbonyl (C=O) groups is 1. The van der Waals surface area contributed by atoms with Crippen LogP contribution in [0.2, 0.25) is 5.02 Å². The van der Waals surface area contributed by atoms with E-state index in [4.69, 9.17) is 17.3 Å². The van der Waals surface area contributed by atoms with Gasteiger partial charge in [-0.1, -0.05) is 11.6 Å². The number of nitrogen functional groups attached to an aromatic ring is 1. The first-order valence-electron chi connectivity index (χ1n) is 5.80. The lowest BCUT2D eigenvalue weighted by molar-refractivity contribution is -0.117. The van der Waals surface area contributed by atoms with Crippen LogP contribution >= 0.6 is 23.4 Å². The SMILES string of the molecule is Nc1cc(NC(=O)CN2CCSCC2)ccc1Cl. The van der Waals surface area contributed by atoms with Crippen molar-refractivity contribution >= 4 is 40.6 Å². The first kappa shape index (κ1) is 13.5. The Bertz CT molecular complexity index is 435. The summed E-state index contributed by atoms with van der Waals surface area (Å²) in [5.41, 5.74) is 6.85. The van der Waals surface area contributed by atoms with E-state index < -0.39 is 0 Å². The summed E-state index contributed by atoms with van der Waals surface area (Å²) in [6, 6.07) is 5.11. The summed E-state index contributed by atoms with van der Waals surface area (Å²) in [6.45, 7) is 2.38. The van der Waals surface area contributed by atoms with Gasteiger partial charge in [0.05, 0.1) is 17.3 Å². The predicted octanol–water partition coefficient (Wildman–Crippen LogP) is 1.91. The fourth-order valence-electron chi connectivity index (χ4n) is 1.78. The number of benzene rings is 1. The van der Waals surface area contributed by atoms with Crippen LogP contribution in [0.25, 0.3) is 0 Å². The minimum atomic E-state index is -0.0105. The topological polar surface area (TPSA) is 58.4 Å². The highest BCUT2D eigenvalue weighted by Crippen LogP contribution is 2.22. The maximum Gasteiger partial charge on any atom is 0.238 e. The van der Waals surface area contributed by atoms with Gasteiger partial charge in [-0.2, -0.15) is 11.8 Å². The number of amides is 1. The number of carbonyl (C=O) groups excluding carboxylic acids is 1. The third-order valence-corrected chi connectivity index (χ3v) is 4.04. The second-order valence-corrected chi connectivity index (χ2v) is 5.80. The van der Waals surface area contributed by atoms with Crippen LogP contribution in [0.1, 0.15) is 0 Å². The third-order valence-electron chi connectivity index (χ3n) is 2.75. The Labute approximate surface area is 116 Å². The van der Waals surface area contributed by atoms with Gasteiger partial charge in [-0.05, 0) is 18.2 Å². The zero-order valence-corrected chi connectivity index (χ0v) is 11.6. The quantitative estimate of drug-likeness (QED) is 0.833. The zero-order chi connectivity index (χ0) is 13.0. The van der Waals surface area contributed by atoms with Gasteiger partial charge in [-0.25, -0.2) is 0 Å². The number of halogens is 1. The first-order valence-corrected chi connectivity index (χ1v) is 7.33. The van der Waals surface area contributed by atoms with Crippen molar-refractivity contribution in [2.75, 3.05) is 42.2 Å². The zero-order valence-electron chi connectivity index (χ0n) is 9.99. The van der Waals surface area contributed by atoms with Crippen molar-refractivity contribution in [2.24, 2.45) is 0 Å². The number of hydrogen-bond donors (Lipinski definition) is 2. The Morgan fingerprint density at radius 2 is 2.17 bits per heavy atom. The number of anilines is 2. The summed E-state index contributed by atoms with van der Waals surface area (Å²) in [7, 11) is 0. The second kappa shape index (κ2) is 6.31. The van der Waals surface area contributed by atoms with Crippen LogP contribution < -0.4 is 11.1 Å². The second-order valence-electron chi connectivity index (χ2n) is 4.17. The highest BCUT2D eigenvalue weighted by atomic mass is 35.5. The van der Waals surface area contributed by atoms with Crippen LogP contribution in [-0.4, -0.2) is 41.9 Å². The number of nitrogens with two attached hydrogens (primary N) is 1. The van der Waals surface area contributed by atoms with Crippen molar-refractivity contribution in [2.45, 2.75) is 0 Å². The molecule has 1 saturated heterocycles. The van der Waals surface area contributed by atoms with Crippen LogP contribution in [-0.2, 0) is 4.79 Å². The van der Waals surface area contributed by atoms with Gasteiger partial charge in [0.1, 0.15) is 0 Å². The average molecular weight is 286 g/mol. The Morgan fingerprint density at radius 1 is 1.44 bits per heavy atom. The Kier molecular flexibility index (Phi) is 4.74. The Balaban J connectivity index is 1.88. The van der Waals surface area contributed by atoms with Crippen molar-refractivity contribution in [3.63, 3.8) is 0 Å². The number of thioether (sulfide) groups is 1. The van der Waals surface area contributed by atoms with Gasteiger partial charge in [0, 0.05) is 30.3 Å². The van der Waals surface area contributed by atoms with Crippen LogP contribution in [0.4, 0.5) is 11.4 Å². The van der Waals surface area contributed by atoms with E-state index in [2.05, 4.69) is 10.2 Å². The molecule has 1 aliphatic rings. The molecule has 0 bridgehead atoms. The van der Waals surface area contributed by atoms with Crippen LogP contribution in [0.15, 0.2) is 18.2 Å². The number of rotatable bonds is 3. The van der Waals surface area contributed by atoms with Gasteiger partial charge in [-0.3, -0.25) is 9.69 Å². The summed E-state index contributed by atoms with van der Waals surface area (Å²) in [5.74, 6) is 2.19. The summed E-state index contributed by atoms with van der Waals surface area (Å²) in [4.78, 5) is 14.0. The molecule has 1 aromatic rings. The van der Waals surface area contributed by atoms with Gasteiger partial charge in [0.15, 0.2) is 0 Å². The lowest BCUT2D eigenvalue weighted by Crippen LogP contribution is -2.38.